The highest BCUT2D eigenvalue weighted by Gasteiger charge is 2.29. The Hall–Kier alpha value is -5.88. The minimum atomic E-state index is -1.05. The summed E-state index contributed by atoms with van der Waals surface area (Å²) >= 11 is 6.13. The van der Waals surface area contributed by atoms with Crippen LogP contribution in [0.5, 0.6) is 0 Å². The first-order valence-corrected chi connectivity index (χ1v) is 18.8. The number of hydrogen-bond donors (Lipinski definition) is 4. The van der Waals surface area contributed by atoms with Gasteiger partial charge in [0.15, 0.2) is 0 Å². The standard InChI is InChI=1S/C43H49ClN4O8/c1-43(2,3)56-42(53)48-36(20-12-13-25-45-41(52)55-29-33-18-10-11-19-35(33)44)39(50)47-37(26-30-14-6-4-7-15-30)40(51)46-34-23-21-31(22-24-34)27-38(49)54-28-32-16-8-5-9-17-32/h4-11,14-19,21-24,36-37H,12-13,20,25-29H2,1-3H3,(H,45,52)(H,46,51)(H,47,50)(H,48,53)/t36-,37-/m0/s1. The monoisotopic (exact) mass is 784 g/mol. The van der Waals surface area contributed by atoms with Crippen molar-refractivity contribution in [2.24, 2.45) is 0 Å². The molecule has 0 aromatic heterocycles. The Bertz CT molecular complexity index is 1890. The molecule has 4 amide bonds. The molecule has 12 nitrogen and oxygen atoms in total. The maximum absolute atomic E-state index is 13.8. The predicted molar refractivity (Wildman–Crippen MR) is 214 cm³/mol. The van der Waals surface area contributed by atoms with E-state index in [4.69, 9.17) is 25.8 Å². The van der Waals surface area contributed by atoms with Crippen LogP contribution >= 0.6 is 11.6 Å². The smallest absolute Gasteiger partial charge is 0.408 e. The highest BCUT2D eigenvalue weighted by Crippen LogP contribution is 2.17. The summed E-state index contributed by atoms with van der Waals surface area (Å²) in [6, 6.07) is 30.4. The summed E-state index contributed by atoms with van der Waals surface area (Å²) < 4.78 is 16.1. The van der Waals surface area contributed by atoms with Crippen molar-refractivity contribution in [1.29, 1.82) is 0 Å². The summed E-state index contributed by atoms with van der Waals surface area (Å²) in [6.07, 6.45) is -0.0807. The van der Waals surface area contributed by atoms with Gasteiger partial charge in [0.25, 0.3) is 0 Å². The van der Waals surface area contributed by atoms with Crippen LogP contribution in [-0.4, -0.2) is 54.2 Å². The van der Waals surface area contributed by atoms with Gasteiger partial charge in [0.1, 0.15) is 30.9 Å². The number of unbranched alkanes of at least 4 members (excludes halogenated alkanes) is 1. The number of amides is 4. The summed E-state index contributed by atoms with van der Waals surface area (Å²) in [7, 11) is 0. The van der Waals surface area contributed by atoms with E-state index in [-0.39, 0.29) is 45.0 Å². The summed E-state index contributed by atoms with van der Waals surface area (Å²) in [5.74, 6) is -1.44. The number of carbonyl (C=O) groups excluding carboxylic acids is 5. The second kappa shape index (κ2) is 21.9. The third-order valence-corrected chi connectivity index (χ3v) is 8.61. The van der Waals surface area contributed by atoms with Gasteiger partial charge in [-0.2, -0.15) is 0 Å². The number of hydrogen-bond acceptors (Lipinski definition) is 8. The largest absolute Gasteiger partial charge is 0.461 e. The molecule has 0 heterocycles. The van der Waals surface area contributed by atoms with Crippen molar-refractivity contribution >= 4 is 47.3 Å². The van der Waals surface area contributed by atoms with Gasteiger partial charge in [-0.1, -0.05) is 103 Å². The van der Waals surface area contributed by atoms with E-state index in [0.717, 1.165) is 11.1 Å². The maximum Gasteiger partial charge on any atom is 0.408 e. The van der Waals surface area contributed by atoms with Crippen LogP contribution in [0, 0.1) is 0 Å². The van der Waals surface area contributed by atoms with Gasteiger partial charge in [-0.3, -0.25) is 14.4 Å². The highest BCUT2D eigenvalue weighted by molar-refractivity contribution is 6.31. The first-order chi connectivity index (χ1) is 26.8. The first-order valence-electron chi connectivity index (χ1n) is 18.4. The quantitative estimate of drug-likeness (QED) is 0.0465. The van der Waals surface area contributed by atoms with E-state index >= 15 is 0 Å². The topological polar surface area (TPSA) is 161 Å². The molecule has 0 spiro atoms. The Morgan fingerprint density at radius 3 is 1.95 bits per heavy atom. The molecular weight excluding hydrogens is 736 g/mol. The van der Waals surface area contributed by atoms with E-state index in [0.29, 0.717) is 34.7 Å². The Labute approximate surface area is 332 Å². The molecule has 4 aromatic carbocycles. The van der Waals surface area contributed by atoms with Crippen LogP contribution in [-0.2, 0) is 54.6 Å². The molecule has 0 aliphatic rings. The van der Waals surface area contributed by atoms with Gasteiger partial charge < -0.3 is 35.5 Å². The van der Waals surface area contributed by atoms with E-state index in [9.17, 15) is 24.0 Å². The molecule has 0 radical (unpaired) electrons. The molecule has 13 heteroatoms. The van der Waals surface area contributed by atoms with Crippen molar-refractivity contribution in [1.82, 2.24) is 16.0 Å². The van der Waals surface area contributed by atoms with Crippen molar-refractivity contribution < 1.29 is 38.2 Å². The summed E-state index contributed by atoms with van der Waals surface area (Å²) in [5, 5.41) is 11.5. The number of anilines is 1. The fourth-order valence-electron chi connectivity index (χ4n) is 5.41. The highest BCUT2D eigenvalue weighted by atomic mass is 35.5. The van der Waals surface area contributed by atoms with Crippen LogP contribution in [0.3, 0.4) is 0 Å². The average molecular weight is 785 g/mol. The summed E-state index contributed by atoms with van der Waals surface area (Å²) in [4.78, 5) is 65.0. The fraction of sp³-hybridized carbons (Fsp3) is 0.326. The molecule has 0 bridgehead atoms. The van der Waals surface area contributed by atoms with Gasteiger partial charge in [-0.25, -0.2) is 9.59 Å². The Kier molecular flexibility index (Phi) is 16.7. The maximum atomic E-state index is 13.8. The lowest BCUT2D eigenvalue weighted by Gasteiger charge is -2.25. The van der Waals surface area contributed by atoms with Crippen LogP contribution in [0.25, 0.3) is 0 Å². The second-order valence-electron chi connectivity index (χ2n) is 14.0. The van der Waals surface area contributed by atoms with Crippen molar-refractivity contribution in [3.05, 3.63) is 136 Å². The number of benzene rings is 4. The Balaban J connectivity index is 1.35. The normalized spacial score (nSPS) is 12.0. The third kappa shape index (κ3) is 15.8. The number of esters is 1. The zero-order chi connectivity index (χ0) is 40.3. The molecule has 0 fully saturated rings. The van der Waals surface area contributed by atoms with E-state index in [2.05, 4.69) is 21.3 Å². The summed E-state index contributed by atoms with van der Waals surface area (Å²) in [5.41, 5.74) is 2.73. The van der Waals surface area contributed by atoms with Gasteiger partial charge in [0.2, 0.25) is 11.8 Å². The zero-order valence-electron chi connectivity index (χ0n) is 31.8. The zero-order valence-corrected chi connectivity index (χ0v) is 32.6. The van der Waals surface area contributed by atoms with Crippen molar-refractivity contribution in [3.8, 4) is 0 Å². The first kappa shape index (κ1) is 42.9. The van der Waals surface area contributed by atoms with Crippen molar-refractivity contribution in [2.75, 3.05) is 11.9 Å². The van der Waals surface area contributed by atoms with E-state index < -0.39 is 41.7 Å². The van der Waals surface area contributed by atoms with Crippen molar-refractivity contribution in [2.45, 2.75) is 83.8 Å². The molecule has 0 saturated carbocycles. The second-order valence-corrected chi connectivity index (χ2v) is 14.5. The molecule has 296 valence electrons. The molecule has 4 rings (SSSR count). The molecule has 0 aliphatic heterocycles. The third-order valence-electron chi connectivity index (χ3n) is 8.24. The van der Waals surface area contributed by atoms with Gasteiger partial charge in [0, 0.05) is 29.2 Å². The van der Waals surface area contributed by atoms with Crippen LogP contribution < -0.4 is 21.3 Å². The number of halogens is 1. The molecule has 56 heavy (non-hydrogen) atoms. The number of carbonyl (C=O) groups is 5. The fourth-order valence-corrected chi connectivity index (χ4v) is 5.61. The number of alkyl carbamates (subject to hydrolysis) is 2. The molecule has 0 unspecified atom stereocenters. The molecule has 0 saturated heterocycles. The van der Waals surface area contributed by atoms with Crippen LogP contribution in [0.4, 0.5) is 15.3 Å². The van der Waals surface area contributed by atoms with Crippen LogP contribution in [0.15, 0.2) is 109 Å². The SMILES string of the molecule is CC(C)(C)OC(=O)N[C@@H](CCCCNC(=O)OCc1ccccc1Cl)C(=O)N[C@@H](Cc1ccccc1)C(=O)Nc1ccc(CC(=O)OCc2ccccc2)cc1. The van der Waals surface area contributed by atoms with Gasteiger partial charge >= 0.3 is 18.2 Å². The molecule has 2 atom stereocenters. The van der Waals surface area contributed by atoms with Gasteiger partial charge in [0.05, 0.1) is 6.42 Å². The predicted octanol–water partition coefficient (Wildman–Crippen LogP) is 7.28. The Morgan fingerprint density at radius 2 is 1.29 bits per heavy atom. The Morgan fingerprint density at radius 1 is 0.643 bits per heavy atom. The minimum absolute atomic E-state index is 0.0165. The molecule has 0 aliphatic carbocycles. The number of nitrogens with one attached hydrogen (secondary N) is 4. The lowest BCUT2D eigenvalue weighted by molar-refractivity contribution is -0.144. The summed E-state index contributed by atoms with van der Waals surface area (Å²) in [6.45, 7) is 5.58. The minimum Gasteiger partial charge on any atom is -0.461 e. The van der Waals surface area contributed by atoms with Crippen LogP contribution in [0.1, 0.15) is 62.3 Å². The average Bonchev–Trinajstić information content (AvgIpc) is 3.16. The molecular formula is C43H49ClN4O8. The lowest BCUT2D eigenvalue weighted by Crippen LogP contribution is -2.53. The van der Waals surface area contributed by atoms with E-state index in [1.165, 1.54) is 0 Å². The number of ether oxygens (including phenoxy) is 3. The van der Waals surface area contributed by atoms with Gasteiger partial charge in [-0.15, -0.1) is 0 Å². The molecule has 4 aromatic rings. The lowest BCUT2D eigenvalue weighted by atomic mass is 10.0. The van der Waals surface area contributed by atoms with Crippen LogP contribution in [0.2, 0.25) is 5.02 Å². The van der Waals surface area contributed by atoms with Gasteiger partial charge in [-0.05, 0) is 74.9 Å². The molecule has 4 N–H and O–H groups in total. The van der Waals surface area contributed by atoms with E-state index in [1.807, 2.05) is 60.7 Å². The van der Waals surface area contributed by atoms with E-state index in [1.54, 1.807) is 69.3 Å². The van der Waals surface area contributed by atoms with Crippen molar-refractivity contribution in [3.63, 3.8) is 0 Å². The number of rotatable bonds is 18.